The zero-order valence-electron chi connectivity index (χ0n) is 15.8. The molecule has 1 aliphatic carbocycles. The number of aromatic amines is 1. The summed E-state index contributed by atoms with van der Waals surface area (Å²) in [7, 11) is 1.83. The predicted molar refractivity (Wildman–Crippen MR) is 106 cm³/mol. The fourth-order valence-corrected chi connectivity index (χ4v) is 4.48. The second-order valence-corrected chi connectivity index (χ2v) is 8.24. The van der Waals surface area contributed by atoms with Crippen LogP contribution in [0.1, 0.15) is 29.7 Å². The first-order valence-electron chi connectivity index (χ1n) is 9.29. The van der Waals surface area contributed by atoms with Crippen LogP contribution in [0.5, 0.6) is 0 Å². The van der Waals surface area contributed by atoms with Gasteiger partial charge in [-0.15, -0.1) is 5.10 Å². The van der Waals surface area contributed by atoms with Crippen LogP contribution >= 0.6 is 11.8 Å². The molecule has 1 unspecified atom stereocenters. The molecule has 4 aromatic rings. The summed E-state index contributed by atoms with van der Waals surface area (Å²) in [6.07, 6.45) is 2.55. The summed E-state index contributed by atoms with van der Waals surface area (Å²) in [6.45, 7) is 0. The molecular weight excluding hydrogens is 410 g/mol. The Morgan fingerprint density at radius 2 is 1.97 bits per heavy atom. The summed E-state index contributed by atoms with van der Waals surface area (Å²) in [6, 6.07) is 11.5. The number of hydrogen-bond donors (Lipinski definition) is 1. The van der Waals surface area contributed by atoms with Crippen molar-refractivity contribution in [2.75, 3.05) is 0 Å². The molecule has 1 saturated carbocycles. The van der Waals surface area contributed by atoms with Crippen molar-refractivity contribution in [3.05, 3.63) is 82.4 Å². The molecule has 0 aliphatic heterocycles. The normalized spacial score (nSPS) is 18.0. The second kappa shape index (κ2) is 7.24. The number of hydrogen-bond acceptors (Lipinski definition) is 5. The third kappa shape index (κ3) is 3.45. The minimum absolute atomic E-state index is 0.109. The molecule has 5 rings (SSSR count). The van der Waals surface area contributed by atoms with Gasteiger partial charge in [-0.1, -0.05) is 36.0 Å². The lowest BCUT2D eigenvalue weighted by atomic mass is 10.1. The van der Waals surface area contributed by atoms with Crippen LogP contribution < -0.4 is 5.76 Å². The quantitative estimate of drug-likeness (QED) is 0.510. The van der Waals surface area contributed by atoms with E-state index >= 15 is 0 Å². The van der Waals surface area contributed by atoms with E-state index in [1.807, 2.05) is 35.9 Å². The number of aryl methyl sites for hydroxylation is 1. The monoisotopic (exact) mass is 426 g/mol. The molecule has 2 aromatic heterocycles. The Bertz CT molecular complexity index is 1280. The first kappa shape index (κ1) is 18.8. The van der Waals surface area contributed by atoms with Gasteiger partial charge >= 0.3 is 5.76 Å². The molecule has 1 N–H and O–H groups in total. The molecule has 1 fully saturated rings. The van der Waals surface area contributed by atoms with Crippen molar-refractivity contribution in [2.45, 2.75) is 28.2 Å². The van der Waals surface area contributed by atoms with Crippen molar-refractivity contribution < 1.29 is 13.2 Å². The van der Waals surface area contributed by atoms with Crippen molar-refractivity contribution in [3.8, 4) is 11.3 Å². The lowest BCUT2D eigenvalue weighted by Crippen LogP contribution is -1.93. The summed E-state index contributed by atoms with van der Waals surface area (Å²) in [5.41, 5.74) is 2.75. The van der Waals surface area contributed by atoms with E-state index in [2.05, 4.69) is 15.2 Å². The van der Waals surface area contributed by atoms with Gasteiger partial charge in [0.05, 0.1) is 6.33 Å². The van der Waals surface area contributed by atoms with E-state index in [9.17, 15) is 13.6 Å². The number of benzene rings is 2. The maximum atomic E-state index is 14.1. The Balaban J connectivity index is 1.38. The average Bonchev–Trinajstić information content (AvgIpc) is 3.28. The third-order valence-electron chi connectivity index (χ3n) is 5.16. The summed E-state index contributed by atoms with van der Waals surface area (Å²) in [5, 5.41) is 6.97. The maximum Gasteiger partial charge on any atom is 0.434 e. The van der Waals surface area contributed by atoms with Crippen LogP contribution in [0.25, 0.3) is 11.3 Å². The zero-order chi connectivity index (χ0) is 20.8. The van der Waals surface area contributed by atoms with Crippen molar-refractivity contribution in [2.24, 2.45) is 7.05 Å². The van der Waals surface area contributed by atoms with E-state index < -0.39 is 17.4 Å². The van der Waals surface area contributed by atoms with Gasteiger partial charge in [0, 0.05) is 29.5 Å². The fraction of sp³-hybridized carbons (Fsp3) is 0.190. The lowest BCUT2D eigenvalue weighted by Gasteiger charge is -2.08. The SMILES string of the molecule is Cn1cnc(-c2ccc(C3C[C@@H]3c3n[nH]c(=O)o3)cc2)c1Sc1ccc(F)cc1F. The highest BCUT2D eigenvalue weighted by atomic mass is 32.2. The number of nitrogens with zero attached hydrogens (tertiary/aromatic N) is 3. The number of aromatic nitrogens is 4. The van der Waals surface area contributed by atoms with Gasteiger partial charge in [0.2, 0.25) is 5.89 Å². The van der Waals surface area contributed by atoms with Crippen LogP contribution in [0.3, 0.4) is 0 Å². The Hall–Kier alpha value is -3.20. The summed E-state index contributed by atoms with van der Waals surface area (Å²) in [5.74, 6) is -0.936. The largest absolute Gasteiger partial charge is 0.434 e. The van der Waals surface area contributed by atoms with E-state index in [0.717, 1.165) is 34.3 Å². The van der Waals surface area contributed by atoms with Gasteiger partial charge in [-0.25, -0.2) is 23.7 Å². The Morgan fingerprint density at radius 3 is 2.67 bits per heavy atom. The standard InChI is InChI=1S/C21H16F2N4O2S/c1-27-10-24-18(20(27)30-17-7-6-13(22)8-16(17)23)12-4-2-11(3-5-12)14-9-15(14)19-25-26-21(28)29-19/h2-8,10,14-15H,9H2,1H3,(H,26,28)/t14?,15-/m0/s1. The van der Waals surface area contributed by atoms with Crippen molar-refractivity contribution in [3.63, 3.8) is 0 Å². The van der Waals surface area contributed by atoms with Crippen molar-refractivity contribution in [1.29, 1.82) is 0 Å². The molecule has 0 radical (unpaired) electrons. The smallest absolute Gasteiger partial charge is 0.392 e. The van der Waals surface area contributed by atoms with Gasteiger partial charge in [-0.2, -0.15) is 0 Å². The Kier molecular flexibility index (Phi) is 4.54. The molecule has 2 heterocycles. The van der Waals surface area contributed by atoms with Gasteiger partial charge in [0.15, 0.2) is 0 Å². The van der Waals surface area contributed by atoms with Crippen LogP contribution in [0, 0.1) is 11.6 Å². The number of H-pyrrole nitrogens is 1. The number of halogens is 2. The molecule has 1 aliphatic rings. The number of imidazole rings is 1. The van der Waals surface area contributed by atoms with Crippen LogP contribution in [-0.4, -0.2) is 19.7 Å². The van der Waals surface area contributed by atoms with Gasteiger partial charge in [-0.3, -0.25) is 0 Å². The highest BCUT2D eigenvalue weighted by Crippen LogP contribution is 2.54. The topological polar surface area (TPSA) is 76.7 Å². The Morgan fingerprint density at radius 1 is 1.17 bits per heavy atom. The highest BCUT2D eigenvalue weighted by Gasteiger charge is 2.43. The lowest BCUT2D eigenvalue weighted by molar-refractivity contribution is 0.461. The van der Waals surface area contributed by atoms with E-state index in [-0.39, 0.29) is 11.8 Å². The van der Waals surface area contributed by atoms with Gasteiger partial charge in [-0.05, 0) is 30.0 Å². The molecular formula is C21H16F2N4O2S. The predicted octanol–water partition coefficient (Wildman–Crippen LogP) is 4.46. The van der Waals surface area contributed by atoms with Gasteiger partial charge in [0.1, 0.15) is 22.4 Å². The molecule has 9 heteroatoms. The molecule has 0 spiro atoms. The molecule has 2 aromatic carbocycles. The van der Waals surface area contributed by atoms with E-state index in [1.54, 1.807) is 6.33 Å². The second-order valence-electron chi connectivity index (χ2n) is 7.21. The first-order chi connectivity index (χ1) is 14.5. The Labute approximate surface area is 174 Å². The van der Waals surface area contributed by atoms with Crippen LogP contribution in [0.15, 0.2) is 67.9 Å². The molecule has 2 atom stereocenters. The van der Waals surface area contributed by atoms with Crippen LogP contribution in [0.2, 0.25) is 0 Å². The van der Waals surface area contributed by atoms with Gasteiger partial charge in [0.25, 0.3) is 0 Å². The minimum atomic E-state index is -0.606. The molecule has 30 heavy (non-hydrogen) atoms. The zero-order valence-corrected chi connectivity index (χ0v) is 16.6. The van der Waals surface area contributed by atoms with Crippen molar-refractivity contribution in [1.82, 2.24) is 19.7 Å². The summed E-state index contributed by atoms with van der Waals surface area (Å²) in [4.78, 5) is 15.9. The van der Waals surface area contributed by atoms with E-state index in [1.165, 1.54) is 23.9 Å². The van der Waals surface area contributed by atoms with Gasteiger partial charge < -0.3 is 8.98 Å². The first-order valence-corrected chi connectivity index (χ1v) is 10.1. The van der Waals surface area contributed by atoms with Crippen molar-refractivity contribution >= 4 is 11.8 Å². The molecule has 152 valence electrons. The highest BCUT2D eigenvalue weighted by molar-refractivity contribution is 7.99. The maximum absolute atomic E-state index is 14.1. The molecule has 0 saturated heterocycles. The fourth-order valence-electron chi connectivity index (χ4n) is 3.52. The van der Waals surface area contributed by atoms with E-state index in [4.69, 9.17) is 4.42 Å². The third-order valence-corrected chi connectivity index (χ3v) is 6.38. The average molecular weight is 426 g/mol. The van der Waals surface area contributed by atoms with Crippen LogP contribution in [-0.2, 0) is 7.05 Å². The molecule has 6 nitrogen and oxygen atoms in total. The minimum Gasteiger partial charge on any atom is -0.392 e. The van der Waals surface area contributed by atoms with E-state index in [0.29, 0.717) is 10.8 Å². The number of nitrogens with one attached hydrogen (secondary N) is 1. The molecule has 0 bridgehead atoms. The molecule has 0 amide bonds. The van der Waals surface area contributed by atoms with Crippen LogP contribution in [0.4, 0.5) is 8.78 Å². The summed E-state index contributed by atoms with van der Waals surface area (Å²) < 4.78 is 34.2. The number of rotatable bonds is 5. The summed E-state index contributed by atoms with van der Waals surface area (Å²) >= 11 is 1.21.